The van der Waals surface area contributed by atoms with Crippen molar-refractivity contribution in [3.8, 4) is 0 Å². The molecule has 1 unspecified atom stereocenters. The maximum atomic E-state index is 13.7. The van der Waals surface area contributed by atoms with Crippen LogP contribution in [0.4, 0.5) is 4.39 Å². The molecule has 4 rings (SSSR count). The van der Waals surface area contributed by atoms with Gasteiger partial charge in [0.05, 0.1) is 32.2 Å². The van der Waals surface area contributed by atoms with Gasteiger partial charge in [-0.3, -0.25) is 9.89 Å². The molecule has 7 nitrogen and oxygen atoms in total. The Morgan fingerprint density at radius 3 is 2.83 bits per heavy atom. The predicted octanol–water partition coefficient (Wildman–Crippen LogP) is 2.92. The highest BCUT2D eigenvalue weighted by Crippen LogP contribution is 2.36. The fourth-order valence-electron chi connectivity index (χ4n) is 3.54. The van der Waals surface area contributed by atoms with E-state index in [2.05, 4.69) is 15.2 Å². The molecule has 1 aromatic heterocycles. The van der Waals surface area contributed by atoms with Crippen LogP contribution in [-0.2, 0) is 14.3 Å². The maximum Gasteiger partial charge on any atom is 0.338 e. The second kappa shape index (κ2) is 8.99. The third-order valence-electron chi connectivity index (χ3n) is 5.03. The van der Waals surface area contributed by atoms with E-state index in [9.17, 15) is 9.18 Å². The van der Waals surface area contributed by atoms with Crippen LogP contribution in [0.1, 0.15) is 17.4 Å². The van der Waals surface area contributed by atoms with Crippen molar-refractivity contribution in [2.45, 2.75) is 6.04 Å². The molecule has 1 N–H and O–H groups in total. The molecule has 0 spiro atoms. The van der Waals surface area contributed by atoms with E-state index in [0.29, 0.717) is 48.2 Å². The molecule has 0 aliphatic carbocycles. The number of methoxy groups -OCH3 is 1. The first kappa shape index (κ1) is 20.6. The van der Waals surface area contributed by atoms with Crippen LogP contribution in [0.15, 0.2) is 57.3 Å². The number of amidine groups is 1. The molecule has 2 aromatic rings. The molecule has 0 saturated carbocycles. The van der Waals surface area contributed by atoms with Gasteiger partial charge in [-0.15, -0.1) is 0 Å². The predicted molar refractivity (Wildman–Crippen MR) is 109 cm³/mol. The van der Waals surface area contributed by atoms with Gasteiger partial charge in [-0.1, -0.05) is 17.7 Å². The Hall–Kier alpha value is -2.68. The van der Waals surface area contributed by atoms with Crippen LogP contribution in [0.2, 0.25) is 5.02 Å². The van der Waals surface area contributed by atoms with Crippen LogP contribution in [-0.4, -0.2) is 56.7 Å². The lowest BCUT2D eigenvalue weighted by molar-refractivity contribution is -0.136. The average Bonchev–Trinajstić information content (AvgIpc) is 3.28. The van der Waals surface area contributed by atoms with Gasteiger partial charge in [0.1, 0.15) is 11.9 Å². The Kier molecular flexibility index (Phi) is 6.17. The topological polar surface area (TPSA) is 76.3 Å². The second-order valence-electron chi connectivity index (χ2n) is 6.92. The minimum Gasteiger partial charge on any atom is -0.466 e. The van der Waals surface area contributed by atoms with Gasteiger partial charge in [-0.2, -0.15) is 0 Å². The first-order valence-corrected chi connectivity index (χ1v) is 9.89. The number of aliphatic imine (C=N–C) groups is 1. The number of nitrogens with one attached hydrogen (secondary N) is 1. The lowest BCUT2D eigenvalue weighted by Crippen LogP contribution is -2.43. The molecule has 1 saturated heterocycles. The molecule has 2 aliphatic heterocycles. The number of halogens is 2. The number of nitrogens with zero attached hydrogens (tertiary/aromatic N) is 2. The number of carbonyl (C=O) groups is 1. The fraction of sp³-hybridized carbons (Fsp3) is 0.333. The van der Waals surface area contributed by atoms with Crippen molar-refractivity contribution in [2.75, 3.05) is 40.0 Å². The summed E-state index contributed by atoms with van der Waals surface area (Å²) in [6, 6.07) is 6.78. The minimum atomic E-state index is -0.775. The molecule has 1 aromatic carbocycles. The van der Waals surface area contributed by atoms with Gasteiger partial charge < -0.3 is 19.2 Å². The summed E-state index contributed by atoms with van der Waals surface area (Å²) in [7, 11) is 1.32. The molecule has 1 fully saturated rings. The summed E-state index contributed by atoms with van der Waals surface area (Å²) in [5.74, 6) is -0.0219. The second-order valence-corrected chi connectivity index (χ2v) is 7.33. The Bertz CT molecular complexity index is 984. The molecule has 30 heavy (non-hydrogen) atoms. The van der Waals surface area contributed by atoms with Crippen LogP contribution >= 0.6 is 11.6 Å². The van der Waals surface area contributed by atoms with Gasteiger partial charge in [0.2, 0.25) is 0 Å². The quantitative estimate of drug-likeness (QED) is 0.731. The number of esters is 1. The Labute approximate surface area is 178 Å². The van der Waals surface area contributed by atoms with E-state index in [1.807, 2.05) is 0 Å². The maximum absolute atomic E-state index is 13.7. The van der Waals surface area contributed by atoms with Crippen LogP contribution in [0, 0.1) is 5.82 Å². The van der Waals surface area contributed by atoms with E-state index >= 15 is 0 Å². The fourth-order valence-corrected chi connectivity index (χ4v) is 3.81. The van der Waals surface area contributed by atoms with Crippen molar-refractivity contribution in [3.63, 3.8) is 0 Å². The van der Waals surface area contributed by atoms with E-state index in [4.69, 9.17) is 25.5 Å². The molecule has 1 atom stereocenters. The Morgan fingerprint density at radius 1 is 1.37 bits per heavy atom. The number of ether oxygens (including phenoxy) is 2. The number of hydrogen-bond donors (Lipinski definition) is 1. The SMILES string of the molecule is COC(=O)C1=C(CN2CCOCC2)NC(c2ccco2)=NC1c1ccc(F)cc1Cl. The van der Waals surface area contributed by atoms with E-state index in [1.165, 1.54) is 25.3 Å². The molecule has 158 valence electrons. The number of morpholine rings is 1. The van der Waals surface area contributed by atoms with E-state index < -0.39 is 17.8 Å². The first-order valence-electron chi connectivity index (χ1n) is 9.52. The molecule has 2 aliphatic rings. The highest BCUT2D eigenvalue weighted by molar-refractivity contribution is 6.31. The van der Waals surface area contributed by atoms with Crippen LogP contribution < -0.4 is 5.32 Å². The summed E-state index contributed by atoms with van der Waals surface area (Å²) < 4.78 is 29.6. The zero-order valence-electron chi connectivity index (χ0n) is 16.4. The summed E-state index contributed by atoms with van der Waals surface area (Å²) in [4.78, 5) is 19.7. The van der Waals surface area contributed by atoms with Gasteiger partial charge in [-0.25, -0.2) is 9.18 Å². The number of benzene rings is 1. The van der Waals surface area contributed by atoms with Crippen molar-refractivity contribution >= 4 is 23.4 Å². The monoisotopic (exact) mass is 433 g/mol. The first-order chi connectivity index (χ1) is 14.6. The summed E-state index contributed by atoms with van der Waals surface area (Å²) in [5.41, 5.74) is 1.46. The Balaban J connectivity index is 1.81. The highest BCUT2D eigenvalue weighted by atomic mass is 35.5. The van der Waals surface area contributed by atoms with Crippen molar-refractivity contribution in [1.82, 2.24) is 10.2 Å². The molecule has 0 amide bonds. The molecular formula is C21H21ClFN3O4. The zero-order chi connectivity index (χ0) is 21.1. The molecule has 0 radical (unpaired) electrons. The molecule has 9 heteroatoms. The van der Waals surface area contributed by atoms with Crippen molar-refractivity contribution in [3.05, 3.63) is 70.0 Å². The van der Waals surface area contributed by atoms with Gasteiger partial charge >= 0.3 is 5.97 Å². The van der Waals surface area contributed by atoms with Gasteiger partial charge in [0.25, 0.3) is 0 Å². The standard InChI is InChI=1S/C21H21ClFN3O4/c1-28-21(27)18-16(12-26-6-9-29-10-7-26)24-20(17-3-2-8-30-17)25-19(18)14-5-4-13(23)11-15(14)22/h2-5,8,11,19H,6-7,9-10,12H2,1H3,(H,24,25). The third-order valence-corrected chi connectivity index (χ3v) is 5.36. The average molecular weight is 434 g/mol. The smallest absolute Gasteiger partial charge is 0.338 e. The van der Waals surface area contributed by atoms with Crippen LogP contribution in [0.25, 0.3) is 0 Å². The summed E-state index contributed by atoms with van der Waals surface area (Å²) in [5, 5.41) is 3.41. The Morgan fingerprint density at radius 2 is 2.17 bits per heavy atom. The lowest BCUT2D eigenvalue weighted by Gasteiger charge is -2.32. The zero-order valence-corrected chi connectivity index (χ0v) is 17.1. The summed E-state index contributed by atoms with van der Waals surface area (Å²) in [6.07, 6.45) is 1.54. The summed E-state index contributed by atoms with van der Waals surface area (Å²) in [6.45, 7) is 3.16. The summed E-state index contributed by atoms with van der Waals surface area (Å²) >= 11 is 6.33. The largest absolute Gasteiger partial charge is 0.466 e. The van der Waals surface area contributed by atoms with Gasteiger partial charge in [-0.05, 0) is 24.3 Å². The normalized spacial score (nSPS) is 20.0. The van der Waals surface area contributed by atoms with E-state index in [0.717, 1.165) is 13.1 Å². The molecule has 3 heterocycles. The van der Waals surface area contributed by atoms with E-state index in [-0.39, 0.29) is 5.02 Å². The lowest BCUT2D eigenvalue weighted by atomic mass is 9.95. The van der Waals surface area contributed by atoms with Crippen molar-refractivity contribution in [1.29, 1.82) is 0 Å². The minimum absolute atomic E-state index is 0.177. The van der Waals surface area contributed by atoms with E-state index in [1.54, 1.807) is 18.4 Å². The molecule has 0 bridgehead atoms. The third kappa shape index (κ3) is 4.26. The number of hydrogen-bond acceptors (Lipinski definition) is 7. The number of furan rings is 1. The number of carbonyl (C=O) groups excluding carboxylic acids is 1. The number of rotatable bonds is 5. The van der Waals surface area contributed by atoms with Crippen molar-refractivity contribution < 1.29 is 23.1 Å². The molecular weight excluding hydrogens is 413 g/mol. The van der Waals surface area contributed by atoms with Gasteiger partial charge in [0, 0.05) is 35.9 Å². The highest BCUT2D eigenvalue weighted by Gasteiger charge is 2.34. The van der Waals surface area contributed by atoms with Crippen molar-refractivity contribution in [2.24, 2.45) is 4.99 Å². The van der Waals surface area contributed by atoms with Gasteiger partial charge in [0.15, 0.2) is 11.6 Å². The van der Waals surface area contributed by atoms with Crippen LogP contribution in [0.5, 0.6) is 0 Å². The van der Waals surface area contributed by atoms with Crippen LogP contribution in [0.3, 0.4) is 0 Å².